The number of sulfonamides is 1. The maximum Gasteiger partial charge on any atom is 0.340 e. The number of esters is 1. The monoisotopic (exact) mass is 394 g/mol. The average molecular weight is 395 g/mol. The van der Waals surface area contributed by atoms with Gasteiger partial charge in [-0.05, 0) is 42.5 Å². The Morgan fingerprint density at radius 1 is 1.22 bits per heavy atom. The minimum atomic E-state index is -3.90. The van der Waals surface area contributed by atoms with E-state index in [2.05, 4.69) is 25.4 Å². The van der Waals surface area contributed by atoms with Gasteiger partial charge in [0.2, 0.25) is 0 Å². The Morgan fingerprint density at radius 3 is 2.43 bits per heavy atom. The normalized spacial score (nSPS) is 10.7. The summed E-state index contributed by atoms with van der Waals surface area (Å²) in [5.41, 5.74) is 0.534. The first-order chi connectivity index (χ1) is 10.9. The van der Waals surface area contributed by atoms with Crippen molar-refractivity contribution < 1.29 is 17.9 Å². The van der Waals surface area contributed by atoms with Gasteiger partial charge in [0, 0.05) is 4.47 Å². The number of nitriles is 1. The molecule has 0 heterocycles. The van der Waals surface area contributed by atoms with Crippen molar-refractivity contribution in [2.24, 2.45) is 0 Å². The van der Waals surface area contributed by atoms with Crippen molar-refractivity contribution in [3.8, 4) is 6.07 Å². The Bertz CT molecular complexity index is 887. The summed E-state index contributed by atoms with van der Waals surface area (Å²) in [6, 6.07) is 11.9. The van der Waals surface area contributed by atoms with E-state index in [4.69, 9.17) is 5.26 Å². The zero-order valence-electron chi connectivity index (χ0n) is 11.9. The van der Waals surface area contributed by atoms with Gasteiger partial charge in [0.25, 0.3) is 10.0 Å². The number of benzene rings is 2. The van der Waals surface area contributed by atoms with E-state index in [1.54, 1.807) is 6.07 Å². The summed E-state index contributed by atoms with van der Waals surface area (Å²) in [5, 5.41) is 8.75. The highest BCUT2D eigenvalue weighted by Gasteiger charge is 2.19. The predicted molar refractivity (Wildman–Crippen MR) is 87.4 cm³/mol. The molecule has 0 radical (unpaired) electrons. The molecular formula is C15H11BrN2O4S. The summed E-state index contributed by atoms with van der Waals surface area (Å²) in [5.74, 6) is -0.663. The van der Waals surface area contributed by atoms with Crippen LogP contribution < -0.4 is 4.72 Å². The molecule has 2 aromatic carbocycles. The van der Waals surface area contributed by atoms with E-state index in [-0.39, 0.29) is 16.1 Å². The molecule has 0 aliphatic rings. The second kappa shape index (κ2) is 6.81. The minimum absolute atomic E-state index is 0.0183. The number of carbonyl (C=O) groups is 1. The number of methoxy groups -OCH3 is 1. The molecule has 0 aliphatic carbocycles. The van der Waals surface area contributed by atoms with Crippen LogP contribution in [0.15, 0.2) is 51.8 Å². The molecule has 0 saturated carbocycles. The van der Waals surface area contributed by atoms with Crippen LogP contribution in [0, 0.1) is 11.3 Å². The van der Waals surface area contributed by atoms with Crippen LogP contribution in [0.4, 0.5) is 5.69 Å². The Kier molecular flexibility index (Phi) is 5.03. The molecule has 0 atom stereocenters. The van der Waals surface area contributed by atoms with Gasteiger partial charge in [0.15, 0.2) is 0 Å². The van der Waals surface area contributed by atoms with Gasteiger partial charge in [-0.1, -0.05) is 15.9 Å². The number of hydrogen-bond acceptors (Lipinski definition) is 5. The van der Waals surface area contributed by atoms with Crippen molar-refractivity contribution in [3.63, 3.8) is 0 Å². The van der Waals surface area contributed by atoms with Crippen molar-refractivity contribution in [1.82, 2.24) is 0 Å². The van der Waals surface area contributed by atoms with Crippen LogP contribution in [-0.2, 0) is 14.8 Å². The van der Waals surface area contributed by atoms with Crippen molar-refractivity contribution >= 4 is 37.6 Å². The molecule has 1 N–H and O–H groups in total. The molecular weight excluding hydrogens is 384 g/mol. The number of nitrogens with one attached hydrogen (secondary N) is 1. The topological polar surface area (TPSA) is 96.3 Å². The highest BCUT2D eigenvalue weighted by molar-refractivity contribution is 9.10. The first kappa shape index (κ1) is 17.0. The standard InChI is InChI=1S/C15H11BrN2O4S/c1-22-15(19)13-8-11(16)4-7-14(13)18-23(20,21)12-5-2-10(9-17)3-6-12/h2-8,18H,1H3. The maximum atomic E-state index is 12.4. The Labute approximate surface area is 141 Å². The van der Waals surface area contributed by atoms with Gasteiger partial charge in [0.05, 0.1) is 34.9 Å². The second-order valence-electron chi connectivity index (χ2n) is 4.42. The Balaban J connectivity index is 2.41. The van der Waals surface area contributed by atoms with E-state index in [0.29, 0.717) is 10.0 Å². The number of nitrogens with zero attached hydrogens (tertiary/aromatic N) is 1. The van der Waals surface area contributed by atoms with Crippen LogP contribution in [-0.4, -0.2) is 21.5 Å². The number of hydrogen-bond donors (Lipinski definition) is 1. The predicted octanol–water partition coefficient (Wildman–Crippen LogP) is 2.91. The summed E-state index contributed by atoms with van der Waals surface area (Å²) in [4.78, 5) is 11.8. The van der Waals surface area contributed by atoms with E-state index >= 15 is 0 Å². The minimum Gasteiger partial charge on any atom is -0.465 e. The zero-order chi connectivity index (χ0) is 17.0. The molecule has 0 amide bonds. The largest absolute Gasteiger partial charge is 0.465 e. The fraction of sp³-hybridized carbons (Fsp3) is 0.0667. The summed E-state index contributed by atoms with van der Waals surface area (Å²) in [7, 11) is -2.69. The first-order valence-corrected chi connectivity index (χ1v) is 8.56. The molecule has 2 rings (SSSR count). The van der Waals surface area contributed by atoms with Crippen molar-refractivity contribution in [2.75, 3.05) is 11.8 Å². The third-order valence-electron chi connectivity index (χ3n) is 2.92. The SMILES string of the molecule is COC(=O)c1cc(Br)ccc1NS(=O)(=O)c1ccc(C#N)cc1. The number of halogens is 1. The van der Waals surface area contributed by atoms with Crippen molar-refractivity contribution in [2.45, 2.75) is 4.90 Å². The van der Waals surface area contributed by atoms with Gasteiger partial charge in [-0.2, -0.15) is 5.26 Å². The lowest BCUT2D eigenvalue weighted by atomic mass is 10.2. The van der Waals surface area contributed by atoms with E-state index < -0.39 is 16.0 Å². The smallest absolute Gasteiger partial charge is 0.340 e. The van der Waals surface area contributed by atoms with Crippen LogP contribution in [0.1, 0.15) is 15.9 Å². The number of anilines is 1. The van der Waals surface area contributed by atoms with Crippen LogP contribution in [0.2, 0.25) is 0 Å². The third kappa shape index (κ3) is 3.88. The lowest BCUT2D eigenvalue weighted by molar-refractivity contribution is 0.0602. The Hall–Kier alpha value is -2.37. The van der Waals surface area contributed by atoms with Gasteiger partial charge in [-0.15, -0.1) is 0 Å². The first-order valence-electron chi connectivity index (χ1n) is 6.28. The van der Waals surface area contributed by atoms with Crippen molar-refractivity contribution in [3.05, 3.63) is 58.1 Å². The van der Waals surface area contributed by atoms with E-state index in [1.165, 1.54) is 43.5 Å². The molecule has 0 aromatic heterocycles. The average Bonchev–Trinajstić information content (AvgIpc) is 2.55. The molecule has 2 aromatic rings. The van der Waals surface area contributed by atoms with Gasteiger partial charge in [0.1, 0.15) is 0 Å². The van der Waals surface area contributed by atoms with E-state index in [9.17, 15) is 13.2 Å². The van der Waals surface area contributed by atoms with E-state index in [1.807, 2.05) is 6.07 Å². The number of carbonyl (C=O) groups excluding carboxylic acids is 1. The third-order valence-corrected chi connectivity index (χ3v) is 4.80. The summed E-state index contributed by atoms with van der Waals surface area (Å²) in [6.07, 6.45) is 0. The second-order valence-corrected chi connectivity index (χ2v) is 7.02. The summed E-state index contributed by atoms with van der Waals surface area (Å²) >= 11 is 3.22. The molecule has 0 fully saturated rings. The molecule has 0 aliphatic heterocycles. The highest BCUT2D eigenvalue weighted by Crippen LogP contribution is 2.24. The van der Waals surface area contributed by atoms with Crippen LogP contribution in [0.25, 0.3) is 0 Å². The summed E-state index contributed by atoms with van der Waals surface area (Å²) in [6.45, 7) is 0. The van der Waals surface area contributed by atoms with Gasteiger partial charge >= 0.3 is 5.97 Å². The van der Waals surface area contributed by atoms with Crippen LogP contribution in [0.5, 0.6) is 0 Å². The van der Waals surface area contributed by atoms with Gasteiger partial charge in [-0.3, -0.25) is 4.72 Å². The molecule has 0 saturated heterocycles. The van der Waals surface area contributed by atoms with Crippen LogP contribution in [0.3, 0.4) is 0 Å². The number of rotatable bonds is 4. The molecule has 0 spiro atoms. The van der Waals surface area contributed by atoms with Gasteiger partial charge < -0.3 is 4.74 Å². The molecule has 8 heteroatoms. The maximum absolute atomic E-state index is 12.4. The van der Waals surface area contributed by atoms with Crippen LogP contribution >= 0.6 is 15.9 Å². The molecule has 118 valence electrons. The molecule has 6 nitrogen and oxygen atoms in total. The molecule has 0 bridgehead atoms. The Morgan fingerprint density at radius 2 is 1.87 bits per heavy atom. The summed E-state index contributed by atoms with van der Waals surface area (Å²) < 4.78 is 32.4. The van der Waals surface area contributed by atoms with Crippen molar-refractivity contribution in [1.29, 1.82) is 5.26 Å². The quantitative estimate of drug-likeness (QED) is 0.804. The highest BCUT2D eigenvalue weighted by atomic mass is 79.9. The fourth-order valence-electron chi connectivity index (χ4n) is 1.80. The lowest BCUT2D eigenvalue weighted by Crippen LogP contribution is -2.16. The zero-order valence-corrected chi connectivity index (χ0v) is 14.3. The molecule has 0 unspecified atom stereocenters. The van der Waals surface area contributed by atoms with E-state index in [0.717, 1.165) is 0 Å². The fourth-order valence-corrected chi connectivity index (χ4v) is 3.24. The lowest BCUT2D eigenvalue weighted by Gasteiger charge is -2.12. The van der Waals surface area contributed by atoms with Gasteiger partial charge in [-0.25, -0.2) is 13.2 Å². The molecule has 23 heavy (non-hydrogen) atoms. The number of ether oxygens (including phenoxy) is 1.